The van der Waals surface area contributed by atoms with Crippen molar-refractivity contribution in [2.24, 2.45) is 0 Å². The molecule has 8 heteroatoms. The maximum absolute atomic E-state index is 11.8. The van der Waals surface area contributed by atoms with Crippen LogP contribution in [0, 0.1) is 0 Å². The largest absolute Gasteiger partial charge is 0.493 e. The molecule has 1 unspecified atom stereocenters. The third-order valence-electron chi connectivity index (χ3n) is 4.16. The van der Waals surface area contributed by atoms with E-state index in [9.17, 15) is 13.2 Å². The first kappa shape index (κ1) is 19.5. The number of benzene rings is 1. The fourth-order valence-electron chi connectivity index (χ4n) is 2.80. The van der Waals surface area contributed by atoms with Crippen LogP contribution >= 0.6 is 0 Å². The molecule has 1 aliphatic rings. The lowest BCUT2D eigenvalue weighted by Crippen LogP contribution is -2.37. The van der Waals surface area contributed by atoms with Crippen molar-refractivity contribution < 1.29 is 22.7 Å². The van der Waals surface area contributed by atoms with E-state index in [2.05, 4.69) is 10.6 Å². The minimum atomic E-state index is -2.96. The van der Waals surface area contributed by atoms with Crippen molar-refractivity contribution in [3.8, 4) is 11.5 Å². The van der Waals surface area contributed by atoms with Gasteiger partial charge in [0.1, 0.15) is 0 Å². The number of carbonyl (C=O) groups is 1. The first-order chi connectivity index (χ1) is 11.9. The van der Waals surface area contributed by atoms with Crippen LogP contribution in [-0.4, -0.2) is 59.2 Å². The van der Waals surface area contributed by atoms with Crippen LogP contribution in [-0.2, 0) is 21.1 Å². The summed E-state index contributed by atoms with van der Waals surface area (Å²) in [6.45, 7) is 1.29. The van der Waals surface area contributed by atoms with Crippen molar-refractivity contribution >= 4 is 15.7 Å². The van der Waals surface area contributed by atoms with Crippen LogP contribution in [0.3, 0.4) is 0 Å². The Kier molecular flexibility index (Phi) is 7.07. The summed E-state index contributed by atoms with van der Waals surface area (Å²) < 4.78 is 33.2. The number of sulfone groups is 1. The maximum atomic E-state index is 11.8. The van der Waals surface area contributed by atoms with E-state index >= 15 is 0 Å². The number of hydrogen-bond acceptors (Lipinski definition) is 6. The molecule has 0 spiro atoms. The molecule has 1 atom stereocenters. The Morgan fingerprint density at radius 1 is 1.20 bits per heavy atom. The van der Waals surface area contributed by atoms with Crippen LogP contribution in [0.25, 0.3) is 0 Å². The first-order valence-corrected chi connectivity index (χ1v) is 10.2. The minimum Gasteiger partial charge on any atom is -0.493 e. The van der Waals surface area contributed by atoms with Crippen molar-refractivity contribution in [3.63, 3.8) is 0 Å². The molecule has 0 saturated carbocycles. The maximum Gasteiger partial charge on any atom is 0.221 e. The van der Waals surface area contributed by atoms with E-state index in [1.165, 1.54) is 0 Å². The predicted molar refractivity (Wildman–Crippen MR) is 95.9 cm³/mol. The van der Waals surface area contributed by atoms with Crippen molar-refractivity contribution in [1.82, 2.24) is 10.6 Å². The highest BCUT2D eigenvalue weighted by Gasteiger charge is 2.28. The topological polar surface area (TPSA) is 93.7 Å². The molecular weight excluding hydrogens is 344 g/mol. The molecule has 1 amide bonds. The first-order valence-electron chi connectivity index (χ1n) is 8.35. The van der Waals surface area contributed by atoms with E-state index in [1.54, 1.807) is 14.2 Å². The smallest absolute Gasteiger partial charge is 0.221 e. The Labute approximate surface area is 149 Å². The Balaban J connectivity index is 1.64. The quantitative estimate of drug-likeness (QED) is 0.616. The van der Waals surface area contributed by atoms with Gasteiger partial charge in [-0.25, -0.2) is 8.42 Å². The standard InChI is InChI=1S/C17H26N2O5S/c1-23-15-4-3-13(11-16(15)24-2)5-8-18-9-6-17(20)19-14-7-10-25(21,22)12-14/h3-4,11,14,18H,5-10,12H2,1-2H3,(H,19,20). The van der Waals surface area contributed by atoms with Crippen LogP contribution in [0.15, 0.2) is 18.2 Å². The SMILES string of the molecule is COc1ccc(CCNCCC(=O)NC2CCS(=O)(=O)C2)cc1OC. The second-order valence-electron chi connectivity index (χ2n) is 6.11. The van der Waals surface area contributed by atoms with E-state index in [-0.39, 0.29) is 23.5 Å². The summed E-state index contributed by atoms with van der Waals surface area (Å²) in [5.74, 6) is 1.52. The van der Waals surface area contributed by atoms with Gasteiger partial charge in [-0.05, 0) is 37.1 Å². The van der Waals surface area contributed by atoms with Crippen molar-refractivity contribution in [2.45, 2.75) is 25.3 Å². The highest BCUT2D eigenvalue weighted by molar-refractivity contribution is 7.91. The van der Waals surface area contributed by atoms with Gasteiger partial charge in [-0.15, -0.1) is 0 Å². The van der Waals surface area contributed by atoms with Crippen LogP contribution in [0.5, 0.6) is 11.5 Å². The molecule has 1 heterocycles. The fourth-order valence-corrected chi connectivity index (χ4v) is 4.48. The third kappa shape index (κ3) is 6.21. The van der Waals surface area contributed by atoms with Gasteiger partial charge in [0.2, 0.25) is 5.91 Å². The molecule has 0 bridgehead atoms. The molecule has 0 radical (unpaired) electrons. The Morgan fingerprint density at radius 3 is 2.60 bits per heavy atom. The Bertz CT molecular complexity index is 690. The lowest BCUT2D eigenvalue weighted by molar-refractivity contribution is -0.121. The summed E-state index contributed by atoms with van der Waals surface area (Å²) in [4.78, 5) is 11.8. The van der Waals surface area contributed by atoms with Gasteiger partial charge >= 0.3 is 0 Å². The van der Waals surface area contributed by atoms with E-state index in [0.717, 1.165) is 18.5 Å². The average Bonchev–Trinajstić information content (AvgIpc) is 2.92. The monoisotopic (exact) mass is 370 g/mol. The van der Waals surface area contributed by atoms with Gasteiger partial charge in [0.15, 0.2) is 21.3 Å². The predicted octanol–water partition coefficient (Wildman–Crippen LogP) is 0.529. The zero-order valence-corrected chi connectivity index (χ0v) is 15.5. The number of ether oxygens (including phenoxy) is 2. The zero-order chi connectivity index (χ0) is 18.3. The van der Waals surface area contributed by atoms with Gasteiger partial charge in [-0.3, -0.25) is 4.79 Å². The van der Waals surface area contributed by atoms with Gasteiger partial charge in [0.05, 0.1) is 25.7 Å². The van der Waals surface area contributed by atoms with Gasteiger partial charge in [-0.2, -0.15) is 0 Å². The number of hydrogen-bond donors (Lipinski definition) is 2. The fraction of sp³-hybridized carbons (Fsp3) is 0.588. The number of carbonyl (C=O) groups excluding carboxylic acids is 1. The number of rotatable bonds is 9. The molecule has 140 valence electrons. The molecule has 1 fully saturated rings. The van der Waals surface area contributed by atoms with Crippen LogP contribution < -0.4 is 20.1 Å². The minimum absolute atomic E-state index is 0.0610. The summed E-state index contributed by atoms with van der Waals surface area (Å²) in [5.41, 5.74) is 1.12. The van der Waals surface area contributed by atoms with Gasteiger partial charge in [0, 0.05) is 19.0 Å². The summed E-state index contributed by atoms with van der Waals surface area (Å²) in [7, 11) is 0.246. The summed E-state index contributed by atoms with van der Waals surface area (Å²) in [6, 6.07) is 5.56. The van der Waals surface area contributed by atoms with E-state index in [0.29, 0.717) is 30.9 Å². The molecular formula is C17H26N2O5S. The van der Waals surface area contributed by atoms with Gasteiger partial charge in [-0.1, -0.05) is 6.07 Å². The number of nitrogens with one attached hydrogen (secondary N) is 2. The Hall–Kier alpha value is -1.80. The number of methoxy groups -OCH3 is 2. The highest BCUT2D eigenvalue weighted by atomic mass is 32.2. The molecule has 1 aromatic rings. The molecule has 1 saturated heterocycles. The lowest BCUT2D eigenvalue weighted by atomic mass is 10.1. The van der Waals surface area contributed by atoms with Gasteiger partial charge in [0.25, 0.3) is 0 Å². The normalized spacial score (nSPS) is 18.7. The summed E-state index contributed by atoms with van der Waals surface area (Å²) in [5, 5.41) is 6.00. The van der Waals surface area contributed by atoms with Gasteiger partial charge < -0.3 is 20.1 Å². The van der Waals surface area contributed by atoms with Crippen molar-refractivity contribution in [2.75, 3.05) is 38.8 Å². The van der Waals surface area contributed by atoms with Crippen molar-refractivity contribution in [1.29, 1.82) is 0 Å². The second kappa shape index (κ2) is 9.05. The molecule has 0 aliphatic carbocycles. The summed E-state index contributed by atoms with van der Waals surface area (Å²) >= 11 is 0. The van der Waals surface area contributed by atoms with Crippen LogP contribution in [0.1, 0.15) is 18.4 Å². The van der Waals surface area contributed by atoms with E-state index in [4.69, 9.17) is 9.47 Å². The number of amides is 1. The molecule has 25 heavy (non-hydrogen) atoms. The average molecular weight is 370 g/mol. The Morgan fingerprint density at radius 2 is 1.96 bits per heavy atom. The van der Waals surface area contributed by atoms with E-state index in [1.807, 2.05) is 18.2 Å². The van der Waals surface area contributed by atoms with Crippen LogP contribution in [0.2, 0.25) is 0 Å². The highest BCUT2D eigenvalue weighted by Crippen LogP contribution is 2.27. The van der Waals surface area contributed by atoms with E-state index < -0.39 is 9.84 Å². The molecule has 7 nitrogen and oxygen atoms in total. The third-order valence-corrected chi connectivity index (χ3v) is 5.93. The molecule has 1 aliphatic heterocycles. The molecule has 1 aromatic carbocycles. The lowest BCUT2D eigenvalue weighted by Gasteiger charge is -2.11. The van der Waals surface area contributed by atoms with Crippen LogP contribution in [0.4, 0.5) is 0 Å². The molecule has 0 aromatic heterocycles. The zero-order valence-electron chi connectivity index (χ0n) is 14.7. The second-order valence-corrected chi connectivity index (χ2v) is 8.34. The summed E-state index contributed by atoms with van der Waals surface area (Å²) in [6.07, 6.45) is 1.66. The molecule has 2 rings (SSSR count). The van der Waals surface area contributed by atoms with Crippen molar-refractivity contribution in [3.05, 3.63) is 23.8 Å². The molecule has 2 N–H and O–H groups in total.